The maximum atomic E-state index is 11.9. The quantitative estimate of drug-likeness (QED) is 0.842. The normalized spacial score (nSPS) is 10.5. The van der Waals surface area contributed by atoms with Gasteiger partial charge in [-0.05, 0) is 26.1 Å². The average Bonchev–Trinajstić information content (AvgIpc) is 2.57. The summed E-state index contributed by atoms with van der Waals surface area (Å²) in [5, 5.41) is 3.03. The Hall–Kier alpha value is -0.290. The number of carbonyl (C=O) groups is 1. The number of rotatable bonds is 5. The topological polar surface area (TPSA) is 32.3 Å². The Balaban J connectivity index is 2.60. The van der Waals surface area contributed by atoms with Crippen LogP contribution in [0.5, 0.6) is 0 Å². The zero-order valence-corrected chi connectivity index (χ0v) is 11.5. The summed E-state index contributed by atoms with van der Waals surface area (Å²) in [6.07, 6.45) is 0.911. The molecule has 0 spiro atoms. The molecule has 0 aliphatic carbocycles. The highest BCUT2D eigenvalue weighted by atomic mass is 35.5. The van der Waals surface area contributed by atoms with Crippen molar-refractivity contribution in [1.82, 2.24) is 10.2 Å². The smallest absolute Gasteiger partial charge is 0.256 e. The molecule has 0 fully saturated rings. The Labute approximate surface area is 109 Å². The molecule has 1 amide bonds. The Morgan fingerprint density at radius 3 is 2.75 bits per heavy atom. The summed E-state index contributed by atoms with van der Waals surface area (Å²) in [5.41, 5.74) is 0.489. The SMILES string of the molecule is CNCCCN(C)C(=O)c1cc(Cl)sc1Cl. The fourth-order valence-electron chi connectivity index (χ4n) is 1.29. The molecule has 0 bridgehead atoms. The van der Waals surface area contributed by atoms with Gasteiger partial charge in [-0.15, -0.1) is 11.3 Å². The molecule has 0 saturated carbocycles. The predicted molar refractivity (Wildman–Crippen MR) is 69.8 cm³/mol. The van der Waals surface area contributed by atoms with Crippen molar-refractivity contribution < 1.29 is 4.79 Å². The van der Waals surface area contributed by atoms with Gasteiger partial charge in [0.1, 0.15) is 4.34 Å². The van der Waals surface area contributed by atoms with Gasteiger partial charge in [0, 0.05) is 13.6 Å². The number of carbonyl (C=O) groups excluding carboxylic acids is 1. The van der Waals surface area contributed by atoms with Gasteiger partial charge in [0.2, 0.25) is 0 Å². The van der Waals surface area contributed by atoms with E-state index in [4.69, 9.17) is 23.2 Å². The van der Waals surface area contributed by atoms with Crippen LogP contribution in [0.25, 0.3) is 0 Å². The summed E-state index contributed by atoms with van der Waals surface area (Å²) in [7, 11) is 3.65. The van der Waals surface area contributed by atoms with Crippen LogP contribution in [0.15, 0.2) is 6.07 Å². The van der Waals surface area contributed by atoms with Gasteiger partial charge in [-0.1, -0.05) is 23.2 Å². The summed E-state index contributed by atoms with van der Waals surface area (Å²) in [6.45, 7) is 1.58. The molecule has 1 rings (SSSR count). The molecule has 6 heteroatoms. The first kappa shape index (κ1) is 13.8. The average molecular weight is 281 g/mol. The van der Waals surface area contributed by atoms with Gasteiger partial charge in [0.15, 0.2) is 0 Å². The van der Waals surface area contributed by atoms with Gasteiger partial charge in [-0.25, -0.2) is 0 Å². The van der Waals surface area contributed by atoms with Crippen LogP contribution in [-0.2, 0) is 0 Å². The third-order valence-electron chi connectivity index (χ3n) is 2.15. The van der Waals surface area contributed by atoms with Gasteiger partial charge >= 0.3 is 0 Å². The number of halogens is 2. The summed E-state index contributed by atoms with van der Waals surface area (Å²) >= 11 is 12.9. The van der Waals surface area contributed by atoms with Gasteiger partial charge < -0.3 is 10.2 Å². The number of hydrogen-bond acceptors (Lipinski definition) is 3. The van der Waals surface area contributed by atoms with E-state index in [1.54, 1.807) is 18.0 Å². The van der Waals surface area contributed by atoms with E-state index >= 15 is 0 Å². The zero-order chi connectivity index (χ0) is 12.1. The van der Waals surface area contributed by atoms with Gasteiger partial charge in [0.05, 0.1) is 9.90 Å². The van der Waals surface area contributed by atoms with Crippen LogP contribution in [0.1, 0.15) is 16.8 Å². The second-order valence-corrected chi connectivity index (χ2v) is 5.71. The van der Waals surface area contributed by atoms with Gasteiger partial charge in [-0.3, -0.25) is 4.79 Å². The molecule has 0 atom stereocenters. The minimum Gasteiger partial charge on any atom is -0.342 e. The largest absolute Gasteiger partial charge is 0.342 e. The minimum absolute atomic E-state index is 0.0794. The molecule has 3 nitrogen and oxygen atoms in total. The molecule has 0 aliphatic rings. The highest BCUT2D eigenvalue weighted by molar-refractivity contribution is 7.20. The maximum absolute atomic E-state index is 11.9. The standard InChI is InChI=1S/C10H14Cl2N2OS/c1-13-4-3-5-14(2)10(15)7-6-8(11)16-9(7)12/h6,13H,3-5H2,1-2H3. The lowest BCUT2D eigenvalue weighted by Crippen LogP contribution is -2.29. The van der Waals surface area contributed by atoms with Crippen molar-refractivity contribution in [2.24, 2.45) is 0 Å². The molecule has 1 N–H and O–H groups in total. The second-order valence-electron chi connectivity index (χ2n) is 3.42. The van der Waals surface area contributed by atoms with Crippen molar-refractivity contribution in [3.05, 3.63) is 20.3 Å². The lowest BCUT2D eigenvalue weighted by molar-refractivity contribution is 0.0794. The third kappa shape index (κ3) is 3.63. The molecular formula is C10H14Cl2N2OS. The monoisotopic (exact) mass is 280 g/mol. The third-order valence-corrected chi connectivity index (χ3v) is 3.64. The van der Waals surface area contributed by atoms with E-state index in [-0.39, 0.29) is 5.91 Å². The van der Waals surface area contributed by atoms with E-state index in [1.807, 2.05) is 7.05 Å². The highest BCUT2D eigenvalue weighted by Crippen LogP contribution is 2.31. The second kappa shape index (κ2) is 6.45. The molecule has 16 heavy (non-hydrogen) atoms. The molecule has 1 aromatic heterocycles. The minimum atomic E-state index is -0.0794. The lowest BCUT2D eigenvalue weighted by atomic mass is 10.3. The summed E-state index contributed by atoms with van der Waals surface area (Å²) in [5.74, 6) is -0.0794. The van der Waals surface area contributed by atoms with Crippen molar-refractivity contribution in [2.75, 3.05) is 27.2 Å². The zero-order valence-electron chi connectivity index (χ0n) is 9.22. The number of nitrogens with one attached hydrogen (secondary N) is 1. The van der Waals surface area contributed by atoms with Gasteiger partial charge in [0.25, 0.3) is 5.91 Å². The van der Waals surface area contributed by atoms with Crippen LogP contribution in [-0.4, -0.2) is 38.0 Å². The first-order valence-corrected chi connectivity index (χ1v) is 6.48. The lowest BCUT2D eigenvalue weighted by Gasteiger charge is -2.16. The van der Waals surface area contributed by atoms with Crippen LogP contribution in [0, 0.1) is 0 Å². The fourth-order valence-corrected chi connectivity index (χ4v) is 2.73. The van der Waals surface area contributed by atoms with Crippen LogP contribution in [0.4, 0.5) is 0 Å². The van der Waals surface area contributed by atoms with Crippen LogP contribution >= 0.6 is 34.5 Å². The molecule has 0 saturated heterocycles. The Morgan fingerprint density at radius 2 is 2.25 bits per heavy atom. The van der Waals surface area contributed by atoms with E-state index in [9.17, 15) is 4.79 Å². The van der Waals surface area contributed by atoms with Crippen molar-refractivity contribution in [1.29, 1.82) is 0 Å². The summed E-state index contributed by atoms with van der Waals surface area (Å²) in [4.78, 5) is 13.6. The van der Waals surface area contributed by atoms with Crippen LogP contribution in [0.3, 0.4) is 0 Å². The Kier molecular flexibility index (Phi) is 5.55. The van der Waals surface area contributed by atoms with Crippen molar-refractivity contribution >= 4 is 40.4 Å². The first-order valence-electron chi connectivity index (χ1n) is 4.91. The Bertz CT molecular complexity index is 368. The Morgan fingerprint density at radius 1 is 1.56 bits per heavy atom. The van der Waals surface area contributed by atoms with Crippen molar-refractivity contribution in [2.45, 2.75) is 6.42 Å². The number of hydrogen-bond donors (Lipinski definition) is 1. The molecule has 0 unspecified atom stereocenters. The van der Waals surface area contributed by atoms with Crippen LogP contribution < -0.4 is 5.32 Å². The van der Waals surface area contributed by atoms with Crippen LogP contribution in [0.2, 0.25) is 8.67 Å². The summed E-state index contributed by atoms with van der Waals surface area (Å²) in [6, 6.07) is 1.62. The van der Waals surface area contributed by atoms with E-state index in [1.165, 1.54) is 11.3 Å². The van der Waals surface area contributed by atoms with Crippen molar-refractivity contribution in [3.8, 4) is 0 Å². The van der Waals surface area contributed by atoms with Gasteiger partial charge in [-0.2, -0.15) is 0 Å². The maximum Gasteiger partial charge on any atom is 0.256 e. The van der Waals surface area contributed by atoms with E-state index in [2.05, 4.69) is 5.32 Å². The number of nitrogens with zero attached hydrogens (tertiary/aromatic N) is 1. The molecule has 0 aliphatic heterocycles. The molecule has 0 radical (unpaired) electrons. The summed E-state index contributed by atoms with van der Waals surface area (Å²) < 4.78 is 0.993. The molecule has 1 aromatic rings. The molecule has 1 heterocycles. The first-order chi connectivity index (χ1) is 7.56. The van der Waals surface area contributed by atoms with E-state index in [0.717, 1.165) is 13.0 Å². The molecular weight excluding hydrogens is 267 g/mol. The fraction of sp³-hybridized carbons (Fsp3) is 0.500. The van der Waals surface area contributed by atoms with E-state index in [0.29, 0.717) is 20.8 Å². The predicted octanol–water partition coefficient (Wildman–Crippen LogP) is 2.74. The number of thiophene rings is 1. The molecule has 0 aromatic carbocycles. The van der Waals surface area contributed by atoms with Crippen molar-refractivity contribution in [3.63, 3.8) is 0 Å². The van der Waals surface area contributed by atoms with E-state index < -0.39 is 0 Å². The molecule has 90 valence electrons. The highest BCUT2D eigenvalue weighted by Gasteiger charge is 2.17. The number of amides is 1.